The van der Waals surface area contributed by atoms with Gasteiger partial charge in [0, 0.05) is 49.7 Å². The van der Waals surface area contributed by atoms with Crippen LogP contribution in [0.1, 0.15) is 44.3 Å². The van der Waals surface area contributed by atoms with Crippen molar-refractivity contribution in [3.05, 3.63) is 48.3 Å². The highest BCUT2D eigenvalue weighted by Gasteiger charge is 2.29. The Labute approximate surface area is 190 Å². The van der Waals surface area contributed by atoms with Crippen molar-refractivity contribution in [3.8, 4) is 5.75 Å². The van der Waals surface area contributed by atoms with Gasteiger partial charge >= 0.3 is 0 Å². The summed E-state index contributed by atoms with van der Waals surface area (Å²) in [5.74, 6) is 3.43. The van der Waals surface area contributed by atoms with E-state index >= 15 is 0 Å². The number of aromatic nitrogens is 2. The average Bonchev–Trinajstić information content (AvgIpc) is 3.57. The minimum atomic E-state index is 0.335. The Morgan fingerprint density at radius 1 is 1.12 bits per heavy atom. The van der Waals surface area contributed by atoms with Crippen LogP contribution in [0.15, 0.2) is 42.5 Å². The molecule has 0 radical (unpaired) electrons. The molecule has 2 fully saturated rings. The topological polar surface area (TPSA) is 53.5 Å². The number of ether oxygens (including phenoxy) is 1. The van der Waals surface area contributed by atoms with Gasteiger partial charge in [-0.1, -0.05) is 19.1 Å². The normalized spacial score (nSPS) is 18.2. The van der Waals surface area contributed by atoms with Crippen LogP contribution in [0.5, 0.6) is 5.75 Å². The molecule has 1 aliphatic heterocycles. The molecule has 1 saturated heterocycles. The molecule has 2 aliphatic rings. The van der Waals surface area contributed by atoms with Gasteiger partial charge in [-0.05, 0) is 56.0 Å². The molecule has 6 nitrogen and oxygen atoms in total. The van der Waals surface area contributed by atoms with Crippen LogP contribution in [0.25, 0.3) is 10.9 Å². The van der Waals surface area contributed by atoms with Crippen LogP contribution in [-0.4, -0.2) is 49.8 Å². The van der Waals surface area contributed by atoms with Crippen molar-refractivity contribution in [2.24, 2.45) is 0 Å². The smallest absolute Gasteiger partial charge is 0.142 e. The molecule has 3 aromatic rings. The van der Waals surface area contributed by atoms with Crippen LogP contribution in [0, 0.1) is 0 Å². The van der Waals surface area contributed by atoms with Crippen LogP contribution >= 0.6 is 0 Å². The predicted molar refractivity (Wildman–Crippen MR) is 132 cm³/mol. The lowest BCUT2D eigenvalue weighted by molar-refractivity contribution is 0.415. The van der Waals surface area contributed by atoms with Crippen molar-refractivity contribution in [2.45, 2.75) is 44.6 Å². The molecule has 32 heavy (non-hydrogen) atoms. The third kappa shape index (κ3) is 4.18. The molecule has 1 aromatic heterocycles. The second kappa shape index (κ2) is 8.85. The van der Waals surface area contributed by atoms with Crippen LogP contribution in [0.3, 0.4) is 0 Å². The number of methoxy groups -OCH3 is 1. The largest absolute Gasteiger partial charge is 0.495 e. The van der Waals surface area contributed by atoms with E-state index in [1.807, 2.05) is 12.1 Å². The van der Waals surface area contributed by atoms with Gasteiger partial charge in [-0.2, -0.15) is 0 Å². The van der Waals surface area contributed by atoms with Crippen molar-refractivity contribution in [3.63, 3.8) is 0 Å². The van der Waals surface area contributed by atoms with Crippen LogP contribution in [-0.2, 0) is 0 Å². The second-order valence-electron chi connectivity index (χ2n) is 9.08. The second-order valence-corrected chi connectivity index (χ2v) is 9.08. The van der Waals surface area contributed by atoms with E-state index < -0.39 is 0 Å². The number of hydrogen-bond acceptors (Lipinski definition) is 6. The number of rotatable bonds is 8. The van der Waals surface area contributed by atoms with Crippen molar-refractivity contribution in [1.29, 1.82) is 0 Å². The highest BCUT2D eigenvalue weighted by molar-refractivity contribution is 5.92. The van der Waals surface area contributed by atoms with E-state index in [1.165, 1.54) is 18.5 Å². The third-order valence-corrected chi connectivity index (χ3v) is 6.59. The fraction of sp³-hybridized carbons (Fsp3) is 0.462. The van der Waals surface area contributed by atoms with Gasteiger partial charge in [0.2, 0.25) is 0 Å². The van der Waals surface area contributed by atoms with Crippen LogP contribution < -0.4 is 19.9 Å². The summed E-state index contributed by atoms with van der Waals surface area (Å²) >= 11 is 0. The Kier molecular flexibility index (Phi) is 5.77. The zero-order valence-electron chi connectivity index (χ0n) is 19.3. The molecule has 2 aromatic carbocycles. The lowest BCUT2D eigenvalue weighted by atomic mass is 10.1. The van der Waals surface area contributed by atoms with Crippen LogP contribution in [0.4, 0.5) is 17.2 Å². The lowest BCUT2D eigenvalue weighted by Gasteiger charge is -2.22. The molecule has 1 unspecified atom stereocenters. The maximum Gasteiger partial charge on any atom is 0.142 e. The summed E-state index contributed by atoms with van der Waals surface area (Å²) in [4.78, 5) is 14.6. The molecule has 1 atom stereocenters. The molecule has 1 saturated carbocycles. The standard InChI is InChI=1S/C26H33N5O/c1-4-14-30(2)20-11-12-22-21(16-20)26(29-25(28-22)18-9-10-18)27-19-13-15-31(17-19)23-7-5-6-8-24(23)32-3/h5-8,11-12,16,18-19H,4,9-10,13-15,17H2,1-3H3,(H,27,28,29). The van der Waals surface area contributed by atoms with E-state index in [-0.39, 0.29) is 0 Å². The van der Waals surface area contributed by atoms with Crippen molar-refractivity contribution in [2.75, 3.05) is 48.9 Å². The Hall–Kier alpha value is -3.02. The molecule has 1 aliphatic carbocycles. The number of fused-ring (bicyclic) bond motifs is 1. The SMILES string of the molecule is CCCN(C)c1ccc2nc(C3CC3)nc(NC3CCN(c4ccccc4OC)C3)c2c1. The van der Waals surface area contributed by atoms with Crippen molar-refractivity contribution < 1.29 is 4.74 Å². The van der Waals surface area contributed by atoms with Crippen LogP contribution in [0.2, 0.25) is 0 Å². The highest BCUT2D eigenvalue weighted by Crippen LogP contribution is 2.40. The van der Waals surface area contributed by atoms with Gasteiger partial charge in [-0.15, -0.1) is 0 Å². The van der Waals surface area contributed by atoms with Gasteiger partial charge in [-0.25, -0.2) is 9.97 Å². The highest BCUT2D eigenvalue weighted by atomic mass is 16.5. The Bertz CT molecular complexity index is 1100. The molecule has 2 heterocycles. The Balaban J connectivity index is 1.43. The first kappa shape index (κ1) is 20.9. The van der Waals surface area contributed by atoms with Gasteiger partial charge < -0.3 is 19.9 Å². The molecule has 0 spiro atoms. The number of benzene rings is 2. The maximum atomic E-state index is 5.59. The first-order valence-corrected chi connectivity index (χ1v) is 11.8. The lowest BCUT2D eigenvalue weighted by Crippen LogP contribution is -2.27. The zero-order chi connectivity index (χ0) is 22.1. The minimum Gasteiger partial charge on any atom is -0.495 e. The van der Waals surface area contributed by atoms with Gasteiger partial charge in [0.25, 0.3) is 0 Å². The van der Waals surface area contributed by atoms with Gasteiger partial charge in [0.1, 0.15) is 17.4 Å². The Morgan fingerprint density at radius 2 is 1.97 bits per heavy atom. The number of hydrogen-bond donors (Lipinski definition) is 1. The minimum absolute atomic E-state index is 0.335. The first-order valence-electron chi connectivity index (χ1n) is 11.8. The number of nitrogens with one attached hydrogen (secondary N) is 1. The van der Waals surface area contributed by atoms with Crippen molar-refractivity contribution >= 4 is 28.1 Å². The molecule has 0 bridgehead atoms. The summed E-state index contributed by atoms with van der Waals surface area (Å²) in [6.45, 7) is 5.18. The van der Waals surface area contributed by atoms with E-state index in [0.717, 1.165) is 66.5 Å². The molecule has 0 amide bonds. The average molecular weight is 432 g/mol. The van der Waals surface area contributed by atoms with E-state index in [2.05, 4.69) is 59.4 Å². The summed E-state index contributed by atoms with van der Waals surface area (Å²) in [6.07, 6.45) is 4.59. The molecular formula is C26H33N5O. The summed E-state index contributed by atoms with van der Waals surface area (Å²) in [7, 11) is 3.89. The van der Waals surface area contributed by atoms with E-state index in [9.17, 15) is 0 Å². The fourth-order valence-corrected chi connectivity index (χ4v) is 4.65. The number of anilines is 3. The first-order chi connectivity index (χ1) is 15.7. The maximum absolute atomic E-state index is 5.59. The molecule has 168 valence electrons. The quantitative estimate of drug-likeness (QED) is 0.538. The fourth-order valence-electron chi connectivity index (χ4n) is 4.65. The summed E-state index contributed by atoms with van der Waals surface area (Å²) < 4.78 is 5.59. The van der Waals surface area contributed by atoms with E-state index in [0.29, 0.717) is 12.0 Å². The molecule has 5 rings (SSSR count). The number of nitrogens with zero attached hydrogens (tertiary/aromatic N) is 4. The molecule has 6 heteroatoms. The van der Waals surface area contributed by atoms with Gasteiger partial charge in [0.15, 0.2) is 0 Å². The summed E-state index contributed by atoms with van der Waals surface area (Å²) in [5.41, 5.74) is 3.42. The van der Waals surface area contributed by atoms with E-state index in [4.69, 9.17) is 14.7 Å². The molecular weight excluding hydrogens is 398 g/mol. The predicted octanol–water partition coefficient (Wildman–Crippen LogP) is 5.05. The van der Waals surface area contributed by atoms with E-state index in [1.54, 1.807) is 7.11 Å². The Morgan fingerprint density at radius 3 is 2.75 bits per heavy atom. The summed E-state index contributed by atoms with van der Waals surface area (Å²) in [5, 5.41) is 4.91. The monoisotopic (exact) mass is 431 g/mol. The molecule has 1 N–H and O–H groups in total. The third-order valence-electron chi connectivity index (χ3n) is 6.59. The zero-order valence-corrected chi connectivity index (χ0v) is 19.3. The number of para-hydroxylation sites is 2. The van der Waals surface area contributed by atoms with Gasteiger partial charge in [-0.3, -0.25) is 0 Å². The summed E-state index contributed by atoms with van der Waals surface area (Å²) in [6, 6.07) is 15.2. The van der Waals surface area contributed by atoms with Gasteiger partial charge in [0.05, 0.1) is 18.3 Å². The van der Waals surface area contributed by atoms with Crippen molar-refractivity contribution in [1.82, 2.24) is 9.97 Å².